The molecule has 7 rings (SSSR count). The Morgan fingerprint density at radius 1 is 1.02 bits per heavy atom. The van der Waals surface area contributed by atoms with E-state index in [1.54, 1.807) is 57.4 Å². The zero-order valence-electron chi connectivity index (χ0n) is 36.1. The summed E-state index contributed by atoms with van der Waals surface area (Å²) in [6, 6.07) is 14.9. The van der Waals surface area contributed by atoms with Gasteiger partial charge in [0.15, 0.2) is 15.7 Å². The molecule has 16 nitrogen and oxygen atoms in total. The minimum Gasteiger partial charge on any atom is -0.495 e. The molecule has 0 radical (unpaired) electrons. The molecule has 3 N–H and O–H groups in total. The summed E-state index contributed by atoms with van der Waals surface area (Å²) in [5.41, 5.74) is 4.61. The number of anilines is 4. The van der Waals surface area contributed by atoms with Gasteiger partial charge in [0, 0.05) is 32.6 Å². The molecule has 2 atom stereocenters. The topological polar surface area (TPSA) is 192 Å². The number of halogens is 1. The number of methoxy groups -OCH3 is 1. The maximum absolute atomic E-state index is 13.5. The number of nitrogens with zero attached hydrogens (tertiary/aromatic N) is 5. The van der Waals surface area contributed by atoms with Crippen LogP contribution < -0.4 is 20.7 Å². The molecule has 2 unspecified atom stereocenters. The van der Waals surface area contributed by atoms with Crippen LogP contribution in [0.25, 0.3) is 0 Å². The minimum absolute atomic E-state index is 0.0139. The molecule has 63 heavy (non-hydrogen) atoms. The van der Waals surface area contributed by atoms with E-state index in [-0.39, 0.29) is 40.6 Å². The summed E-state index contributed by atoms with van der Waals surface area (Å²) in [6.45, 7) is 9.79. The van der Waals surface area contributed by atoms with Crippen molar-refractivity contribution in [1.29, 1.82) is 0 Å². The molecular weight excluding hydrogens is 848 g/mol. The normalized spacial score (nSPS) is 18.3. The maximum Gasteiger partial charge on any atom is 0.262 e. The average molecular weight is 901 g/mol. The molecule has 3 aliphatic heterocycles. The van der Waals surface area contributed by atoms with Gasteiger partial charge in [0.1, 0.15) is 16.8 Å². The molecule has 0 aliphatic carbocycles. The van der Waals surface area contributed by atoms with E-state index in [1.165, 1.54) is 6.20 Å². The number of imide groups is 2. The van der Waals surface area contributed by atoms with Crippen LogP contribution in [0.4, 0.5) is 23.1 Å². The van der Waals surface area contributed by atoms with Crippen molar-refractivity contribution in [2.45, 2.75) is 75.2 Å². The van der Waals surface area contributed by atoms with E-state index < -0.39 is 44.8 Å². The predicted molar refractivity (Wildman–Crippen MR) is 239 cm³/mol. The lowest BCUT2D eigenvalue weighted by Gasteiger charge is -2.35. The van der Waals surface area contributed by atoms with Gasteiger partial charge in [0.2, 0.25) is 17.8 Å². The molecule has 0 bridgehead atoms. The van der Waals surface area contributed by atoms with E-state index in [9.17, 15) is 27.6 Å². The number of carbonyl (C=O) groups excluding carboxylic acids is 4. The van der Waals surface area contributed by atoms with Gasteiger partial charge in [-0.25, -0.2) is 13.4 Å². The van der Waals surface area contributed by atoms with Crippen molar-refractivity contribution in [2.24, 2.45) is 0 Å². The molecular formula is C45H53ClN8O8S. The standard InChI is InChI=1S/C45H53ClN8O8S/c1-27(2)63(59,60)38-14-7-6-13-34(38)48-41-33(46)24-47-45(51-41)49-35-22-28(3)30(23-37(35)61-5)17-19-52(4)25-31-26-53(20-21-62-31)18-9-11-29-10-8-12-32-40(29)44(58)54(43(32)57)36-15-16-39(55)50-42(36)56/h6-8,10,12-14,22-24,27,31,36H,9,11,15-21,25-26H2,1-5H3,(H,50,55,56)(H2,47,48,49,51). The van der Waals surface area contributed by atoms with Crippen LogP contribution in [0.2, 0.25) is 5.02 Å². The van der Waals surface area contributed by atoms with Gasteiger partial charge in [-0.3, -0.25) is 34.3 Å². The third kappa shape index (κ3) is 10.2. The average Bonchev–Trinajstić information content (AvgIpc) is 3.50. The van der Waals surface area contributed by atoms with Crippen LogP contribution >= 0.6 is 11.6 Å². The van der Waals surface area contributed by atoms with Crippen molar-refractivity contribution in [2.75, 3.05) is 64.1 Å². The van der Waals surface area contributed by atoms with Crippen molar-refractivity contribution < 1.29 is 37.1 Å². The fourth-order valence-electron chi connectivity index (χ4n) is 8.23. The SMILES string of the molecule is COc1cc(CCN(C)CC2CN(CCCc3cccc4c3C(=O)N(C3CCC(=O)NC3=O)C4=O)CCO2)c(C)cc1Nc1ncc(Cl)c(Nc2ccccc2S(=O)(=O)C(C)C)n1. The van der Waals surface area contributed by atoms with E-state index in [2.05, 4.69) is 42.8 Å². The van der Waals surface area contributed by atoms with Gasteiger partial charge >= 0.3 is 0 Å². The summed E-state index contributed by atoms with van der Waals surface area (Å²) < 4.78 is 38.0. The Labute approximate surface area is 372 Å². The molecule has 3 aromatic carbocycles. The molecule has 1 aromatic heterocycles. The van der Waals surface area contributed by atoms with Gasteiger partial charge in [0.05, 0.1) is 58.7 Å². The summed E-state index contributed by atoms with van der Waals surface area (Å²) in [4.78, 5) is 65.7. The van der Waals surface area contributed by atoms with E-state index in [1.807, 2.05) is 25.1 Å². The summed E-state index contributed by atoms with van der Waals surface area (Å²) in [5.74, 6) is -0.901. The molecule has 0 saturated carbocycles. The number of benzene rings is 3. The van der Waals surface area contributed by atoms with Crippen molar-refractivity contribution in [3.63, 3.8) is 0 Å². The number of morpholine rings is 1. The first-order chi connectivity index (χ1) is 30.1. The lowest BCUT2D eigenvalue weighted by Crippen LogP contribution is -2.54. The van der Waals surface area contributed by atoms with Gasteiger partial charge in [-0.15, -0.1) is 0 Å². The van der Waals surface area contributed by atoms with E-state index >= 15 is 0 Å². The number of sulfone groups is 1. The third-order valence-electron chi connectivity index (χ3n) is 11.7. The number of fused-ring (bicyclic) bond motifs is 1. The minimum atomic E-state index is -3.58. The summed E-state index contributed by atoms with van der Waals surface area (Å²) in [7, 11) is 0.102. The largest absolute Gasteiger partial charge is 0.495 e. The lowest BCUT2D eigenvalue weighted by atomic mass is 9.99. The highest BCUT2D eigenvalue weighted by atomic mass is 35.5. The Hall–Kier alpha value is -5.46. The molecule has 4 aromatic rings. The van der Waals surface area contributed by atoms with Crippen molar-refractivity contribution in [3.05, 3.63) is 93.6 Å². The van der Waals surface area contributed by atoms with Crippen molar-refractivity contribution in [3.8, 4) is 5.75 Å². The first-order valence-corrected chi connectivity index (χ1v) is 23.0. The molecule has 334 valence electrons. The van der Waals surface area contributed by atoms with Crippen molar-refractivity contribution in [1.82, 2.24) is 30.0 Å². The molecule has 2 saturated heterocycles. The van der Waals surface area contributed by atoms with E-state index in [0.717, 1.165) is 67.2 Å². The molecule has 0 spiro atoms. The zero-order valence-corrected chi connectivity index (χ0v) is 37.6. The first kappa shape index (κ1) is 45.6. The highest BCUT2D eigenvalue weighted by molar-refractivity contribution is 7.92. The number of piperidine rings is 1. The second-order valence-corrected chi connectivity index (χ2v) is 19.3. The fraction of sp³-hybridized carbons (Fsp3) is 0.422. The van der Waals surface area contributed by atoms with Gasteiger partial charge in [-0.1, -0.05) is 35.9 Å². The third-order valence-corrected chi connectivity index (χ3v) is 14.2. The number of aryl methyl sites for hydroxylation is 2. The Bertz CT molecular complexity index is 2520. The maximum atomic E-state index is 13.5. The number of likely N-dealkylation sites (N-methyl/N-ethyl adjacent to an activating group) is 1. The number of amides is 4. The first-order valence-electron chi connectivity index (χ1n) is 21.1. The molecule has 18 heteroatoms. The quantitative estimate of drug-likeness (QED) is 0.115. The second kappa shape index (κ2) is 19.5. The number of rotatable bonds is 17. The van der Waals surface area contributed by atoms with Gasteiger partial charge in [-0.05, 0) is 107 Å². The molecule has 4 heterocycles. The molecule has 4 amide bonds. The number of ether oxygens (including phenoxy) is 2. The number of para-hydroxylation sites is 1. The van der Waals surface area contributed by atoms with Gasteiger partial charge < -0.3 is 25.0 Å². The number of carbonyl (C=O) groups is 4. The monoisotopic (exact) mass is 900 g/mol. The number of nitrogens with one attached hydrogen (secondary N) is 3. The summed E-state index contributed by atoms with van der Waals surface area (Å²) >= 11 is 6.47. The Balaban J connectivity index is 0.911. The van der Waals surface area contributed by atoms with Crippen molar-refractivity contribution >= 4 is 68.2 Å². The van der Waals surface area contributed by atoms with Crippen LogP contribution in [-0.4, -0.2) is 128 Å². The lowest BCUT2D eigenvalue weighted by molar-refractivity contribution is -0.136. The Kier molecular flexibility index (Phi) is 14.1. The van der Waals surface area contributed by atoms with Crippen LogP contribution in [-0.2, 0) is 37.0 Å². The van der Waals surface area contributed by atoms with Crippen LogP contribution in [0, 0.1) is 6.92 Å². The predicted octanol–water partition coefficient (Wildman–Crippen LogP) is 5.33. The van der Waals surface area contributed by atoms with Gasteiger partial charge in [-0.2, -0.15) is 4.98 Å². The number of aromatic nitrogens is 2. The molecule has 2 fully saturated rings. The summed E-state index contributed by atoms with van der Waals surface area (Å²) in [5, 5.41) is 8.18. The number of hydrogen-bond acceptors (Lipinski definition) is 14. The highest BCUT2D eigenvalue weighted by Gasteiger charge is 2.45. The smallest absolute Gasteiger partial charge is 0.262 e. The highest BCUT2D eigenvalue weighted by Crippen LogP contribution is 2.34. The fourth-order valence-corrected chi connectivity index (χ4v) is 9.57. The van der Waals surface area contributed by atoms with Crippen LogP contribution in [0.15, 0.2) is 65.7 Å². The van der Waals surface area contributed by atoms with E-state index in [0.29, 0.717) is 41.3 Å². The Morgan fingerprint density at radius 3 is 2.57 bits per heavy atom. The van der Waals surface area contributed by atoms with Crippen LogP contribution in [0.3, 0.4) is 0 Å². The van der Waals surface area contributed by atoms with E-state index in [4.69, 9.17) is 21.1 Å². The van der Waals surface area contributed by atoms with Crippen LogP contribution in [0.1, 0.15) is 70.5 Å². The number of hydrogen-bond donors (Lipinski definition) is 3. The van der Waals surface area contributed by atoms with Crippen LogP contribution in [0.5, 0.6) is 5.75 Å². The molecule has 3 aliphatic rings. The summed E-state index contributed by atoms with van der Waals surface area (Å²) in [6.07, 6.45) is 3.79. The van der Waals surface area contributed by atoms with Gasteiger partial charge in [0.25, 0.3) is 11.8 Å². The second-order valence-electron chi connectivity index (χ2n) is 16.4. The Morgan fingerprint density at radius 2 is 1.81 bits per heavy atom. The zero-order chi connectivity index (χ0) is 45.0.